The number of piperidine rings is 1. The molecule has 1 aromatic rings. The zero-order valence-corrected chi connectivity index (χ0v) is 11.1. The van der Waals surface area contributed by atoms with Gasteiger partial charge in [0.2, 0.25) is 0 Å². The third-order valence-corrected chi connectivity index (χ3v) is 3.03. The van der Waals surface area contributed by atoms with E-state index in [9.17, 15) is 4.79 Å². The third kappa shape index (κ3) is 4.68. The average molecular weight is 271 g/mol. The standard InChI is InChI=1S/C12H18N4O.ClH/c17-12(11-8-14-5-6-16-11)9-15-7-10-1-3-13-4-2-10;/h5-6,8,10,13,15H,1-4,7,9H2;1H. The van der Waals surface area contributed by atoms with Crippen LogP contribution in [0.5, 0.6) is 0 Å². The van der Waals surface area contributed by atoms with Crippen molar-refractivity contribution in [1.29, 1.82) is 0 Å². The van der Waals surface area contributed by atoms with Gasteiger partial charge in [0.05, 0.1) is 12.7 Å². The molecule has 1 saturated heterocycles. The summed E-state index contributed by atoms with van der Waals surface area (Å²) in [5.74, 6) is 0.693. The number of hydrogen-bond donors (Lipinski definition) is 2. The molecular weight excluding hydrogens is 252 g/mol. The zero-order valence-electron chi connectivity index (χ0n) is 10.3. The molecule has 5 nitrogen and oxygen atoms in total. The van der Waals surface area contributed by atoms with Gasteiger partial charge in [-0.05, 0) is 38.4 Å². The van der Waals surface area contributed by atoms with Crippen molar-refractivity contribution >= 4 is 18.2 Å². The number of halogens is 1. The highest BCUT2D eigenvalue weighted by Crippen LogP contribution is 2.09. The van der Waals surface area contributed by atoms with E-state index in [1.165, 1.54) is 19.0 Å². The second-order valence-corrected chi connectivity index (χ2v) is 4.34. The van der Waals surface area contributed by atoms with Crippen LogP contribution in [0.25, 0.3) is 0 Å². The number of hydrogen-bond acceptors (Lipinski definition) is 5. The van der Waals surface area contributed by atoms with Crippen LogP contribution in [0.1, 0.15) is 23.3 Å². The van der Waals surface area contributed by atoms with Gasteiger partial charge in [0.1, 0.15) is 5.69 Å². The predicted molar refractivity (Wildman–Crippen MR) is 72.1 cm³/mol. The molecule has 2 rings (SSSR count). The lowest BCUT2D eigenvalue weighted by atomic mass is 9.98. The number of Topliss-reactive ketones (excluding diaryl/α,β-unsaturated/α-hetero) is 1. The summed E-state index contributed by atoms with van der Waals surface area (Å²) in [5, 5.41) is 6.54. The van der Waals surface area contributed by atoms with Crippen molar-refractivity contribution in [2.45, 2.75) is 12.8 Å². The summed E-state index contributed by atoms with van der Waals surface area (Å²) in [6.07, 6.45) is 6.99. The lowest BCUT2D eigenvalue weighted by Crippen LogP contribution is -2.35. The van der Waals surface area contributed by atoms with Gasteiger partial charge in [0.25, 0.3) is 0 Å². The van der Waals surface area contributed by atoms with Crippen LogP contribution < -0.4 is 10.6 Å². The van der Waals surface area contributed by atoms with E-state index in [2.05, 4.69) is 20.6 Å². The lowest BCUT2D eigenvalue weighted by Gasteiger charge is -2.22. The Balaban J connectivity index is 0.00000162. The number of nitrogens with zero attached hydrogens (tertiary/aromatic N) is 2. The maximum atomic E-state index is 11.7. The SMILES string of the molecule is Cl.O=C(CNCC1CCNCC1)c1cnccn1. The first-order chi connectivity index (χ1) is 8.36. The predicted octanol–water partition coefficient (Wildman–Crippen LogP) is 0.670. The monoisotopic (exact) mass is 270 g/mol. The molecule has 100 valence electrons. The molecule has 2 N–H and O–H groups in total. The Labute approximate surface area is 113 Å². The van der Waals surface area contributed by atoms with Crippen molar-refractivity contribution in [1.82, 2.24) is 20.6 Å². The first kappa shape index (κ1) is 15.0. The molecule has 1 aromatic heterocycles. The van der Waals surface area contributed by atoms with Crippen LogP contribution in [-0.4, -0.2) is 41.9 Å². The summed E-state index contributed by atoms with van der Waals surface area (Å²) >= 11 is 0. The summed E-state index contributed by atoms with van der Waals surface area (Å²) in [5.41, 5.74) is 0.435. The molecule has 0 radical (unpaired) electrons. The Bertz CT molecular complexity index is 354. The molecule has 0 unspecified atom stereocenters. The summed E-state index contributed by atoms with van der Waals surface area (Å²) < 4.78 is 0. The van der Waals surface area contributed by atoms with Crippen molar-refractivity contribution < 1.29 is 4.79 Å². The van der Waals surface area contributed by atoms with Gasteiger partial charge in [0.15, 0.2) is 5.78 Å². The summed E-state index contributed by atoms with van der Waals surface area (Å²) in [4.78, 5) is 19.6. The van der Waals surface area contributed by atoms with Gasteiger partial charge in [-0.25, -0.2) is 4.98 Å². The Morgan fingerprint density at radius 1 is 1.39 bits per heavy atom. The minimum Gasteiger partial charge on any atom is -0.317 e. The third-order valence-electron chi connectivity index (χ3n) is 3.03. The van der Waals surface area contributed by atoms with Gasteiger partial charge in [-0.15, -0.1) is 12.4 Å². The Morgan fingerprint density at radius 2 is 2.17 bits per heavy atom. The molecule has 0 bridgehead atoms. The fraction of sp³-hybridized carbons (Fsp3) is 0.583. The van der Waals surface area contributed by atoms with Crippen molar-refractivity contribution in [2.24, 2.45) is 5.92 Å². The molecule has 6 heteroatoms. The van der Waals surface area contributed by atoms with Crippen LogP contribution in [0.3, 0.4) is 0 Å². The van der Waals surface area contributed by atoms with Gasteiger partial charge < -0.3 is 10.6 Å². The van der Waals surface area contributed by atoms with Gasteiger partial charge >= 0.3 is 0 Å². The summed E-state index contributed by atoms with van der Waals surface area (Å²) in [6, 6.07) is 0. The highest BCUT2D eigenvalue weighted by atomic mass is 35.5. The number of aromatic nitrogens is 2. The van der Waals surface area contributed by atoms with Gasteiger partial charge in [-0.2, -0.15) is 0 Å². The van der Waals surface area contributed by atoms with Crippen molar-refractivity contribution in [2.75, 3.05) is 26.2 Å². The second kappa shape index (κ2) is 8.13. The Morgan fingerprint density at radius 3 is 2.83 bits per heavy atom. The molecule has 1 fully saturated rings. The van der Waals surface area contributed by atoms with E-state index in [1.54, 1.807) is 12.4 Å². The van der Waals surface area contributed by atoms with E-state index in [4.69, 9.17) is 0 Å². The van der Waals surface area contributed by atoms with E-state index in [0.29, 0.717) is 18.2 Å². The van der Waals surface area contributed by atoms with Crippen molar-refractivity contribution in [3.8, 4) is 0 Å². The fourth-order valence-electron chi connectivity index (χ4n) is 2.01. The highest BCUT2D eigenvalue weighted by Gasteiger charge is 2.13. The van der Waals surface area contributed by atoms with Crippen LogP contribution in [0.15, 0.2) is 18.6 Å². The van der Waals surface area contributed by atoms with Crippen molar-refractivity contribution in [3.63, 3.8) is 0 Å². The molecule has 1 aliphatic heterocycles. The molecule has 0 aliphatic carbocycles. The summed E-state index contributed by atoms with van der Waals surface area (Å²) in [7, 11) is 0. The molecule has 2 heterocycles. The van der Waals surface area contributed by atoms with Crippen LogP contribution >= 0.6 is 12.4 Å². The number of ketones is 1. The normalized spacial score (nSPS) is 16.0. The van der Waals surface area contributed by atoms with E-state index >= 15 is 0 Å². The molecule has 0 atom stereocenters. The Kier molecular flexibility index (Phi) is 6.78. The second-order valence-electron chi connectivity index (χ2n) is 4.34. The van der Waals surface area contributed by atoms with Gasteiger partial charge in [-0.3, -0.25) is 9.78 Å². The first-order valence-corrected chi connectivity index (χ1v) is 6.07. The molecule has 0 saturated carbocycles. The quantitative estimate of drug-likeness (QED) is 0.770. The number of rotatable bonds is 5. The topological polar surface area (TPSA) is 66.9 Å². The lowest BCUT2D eigenvalue weighted by molar-refractivity contribution is 0.0984. The van der Waals surface area contributed by atoms with Crippen LogP contribution in [-0.2, 0) is 0 Å². The van der Waals surface area contributed by atoms with E-state index in [0.717, 1.165) is 19.6 Å². The number of carbonyl (C=O) groups excluding carboxylic acids is 1. The molecule has 0 spiro atoms. The maximum Gasteiger partial charge on any atom is 0.196 e. The number of carbonyl (C=O) groups is 1. The highest BCUT2D eigenvalue weighted by molar-refractivity contribution is 5.95. The fourth-order valence-corrected chi connectivity index (χ4v) is 2.01. The van der Waals surface area contributed by atoms with E-state index in [1.807, 2.05) is 0 Å². The number of nitrogens with one attached hydrogen (secondary N) is 2. The van der Waals surface area contributed by atoms with E-state index in [-0.39, 0.29) is 18.2 Å². The maximum absolute atomic E-state index is 11.7. The Hall–Kier alpha value is -1.04. The molecule has 18 heavy (non-hydrogen) atoms. The van der Waals surface area contributed by atoms with Gasteiger partial charge in [-0.1, -0.05) is 0 Å². The molecule has 1 aliphatic rings. The average Bonchev–Trinajstić information content (AvgIpc) is 2.41. The molecular formula is C12H19ClN4O. The van der Waals surface area contributed by atoms with Crippen LogP contribution in [0.4, 0.5) is 0 Å². The molecule has 0 aromatic carbocycles. The minimum absolute atomic E-state index is 0. The van der Waals surface area contributed by atoms with Gasteiger partial charge in [0, 0.05) is 12.4 Å². The van der Waals surface area contributed by atoms with Crippen LogP contribution in [0, 0.1) is 5.92 Å². The van der Waals surface area contributed by atoms with Crippen molar-refractivity contribution in [3.05, 3.63) is 24.3 Å². The van der Waals surface area contributed by atoms with Crippen LogP contribution in [0.2, 0.25) is 0 Å². The summed E-state index contributed by atoms with van der Waals surface area (Å²) in [6.45, 7) is 3.44. The first-order valence-electron chi connectivity index (χ1n) is 6.07. The smallest absolute Gasteiger partial charge is 0.196 e. The molecule has 0 amide bonds. The van der Waals surface area contributed by atoms with E-state index < -0.39 is 0 Å². The minimum atomic E-state index is 0. The largest absolute Gasteiger partial charge is 0.317 e. The zero-order chi connectivity index (χ0) is 11.9.